The Hall–Kier alpha value is -3.08. The number of carbonyl (C=O) groups is 1. The maximum absolute atomic E-state index is 12.4. The van der Waals surface area contributed by atoms with Crippen LogP contribution >= 0.6 is 0 Å². The van der Waals surface area contributed by atoms with E-state index in [0.29, 0.717) is 11.4 Å². The summed E-state index contributed by atoms with van der Waals surface area (Å²) in [5.41, 5.74) is 2.31. The summed E-state index contributed by atoms with van der Waals surface area (Å²) in [6.07, 6.45) is 6.30. The van der Waals surface area contributed by atoms with Crippen LogP contribution in [0, 0.1) is 0 Å². The second kappa shape index (κ2) is 5.92. The number of aromatic nitrogens is 3. The van der Waals surface area contributed by atoms with E-state index in [2.05, 4.69) is 20.3 Å². The van der Waals surface area contributed by atoms with Crippen LogP contribution in [0.4, 0.5) is 5.69 Å². The molecule has 0 aliphatic heterocycles. The highest BCUT2D eigenvalue weighted by Gasteiger charge is 2.15. The van der Waals surface area contributed by atoms with Crippen molar-refractivity contribution in [2.24, 2.45) is 0 Å². The molecule has 0 unspecified atom stereocenters. The van der Waals surface area contributed by atoms with Crippen molar-refractivity contribution in [3.63, 3.8) is 0 Å². The Morgan fingerprint density at radius 2 is 1.71 bits per heavy atom. The molecule has 102 valence electrons. The van der Waals surface area contributed by atoms with Crippen LogP contribution in [0.3, 0.4) is 0 Å². The van der Waals surface area contributed by atoms with Gasteiger partial charge < -0.3 is 5.32 Å². The van der Waals surface area contributed by atoms with Crippen molar-refractivity contribution in [1.82, 2.24) is 15.0 Å². The van der Waals surface area contributed by atoms with Gasteiger partial charge in [-0.25, -0.2) is 4.98 Å². The molecule has 0 aliphatic rings. The smallest absolute Gasteiger partial charge is 0.276 e. The maximum Gasteiger partial charge on any atom is 0.276 e. The largest absolute Gasteiger partial charge is 0.319 e. The summed E-state index contributed by atoms with van der Waals surface area (Å²) in [7, 11) is 0. The molecule has 0 atom stereocenters. The van der Waals surface area contributed by atoms with Crippen LogP contribution in [0.2, 0.25) is 0 Å². The fourth-order valence-corrected chi connectivity index (χ4v) is 1.94. The summed E-state index contributed by atoms with van der Waals surface area (Å²) < 4.78 is 0. The van der Waals surface area contributed by atoms with Crippen molar-refractivity contribution in [3.8, 4) is 11.3 Å². The van der Waals surface area contributed by atoms with E-state index in [1.807, 2.05) is 30.3 Å². The lowest BCUT2D eigenvalue weighted by Crippen LogP contribution is -2.15. The van der Waals surface area contributed by atoms with Gasteiger partial charge in [0.25, 0.3) is 5.91 Å². The van der Waals surface area contributed by atoms with E-state index in [9.17, 15) is 4.79 Å². The lowest BCUT2D eigenvalue weighted by molar-refractivity contribution is 0.102. The Balaban J connectivity index is 1.94. The lowest BCUT2D eigenvalue weighted by atomic mass is 10.1. The quantitative estimate of drug-likeness (QED) is 0.798. The molecule has 1 amide bonds. The Bertz CT molecular complexity index is 744. The topological polar surface area (TPSA) is 67.8 Å². The third-order valence-electron chi connectivity index (χ3n) is 2.88. The van der Waals surface area contributed by atoms with Crippen LogP contribution in [0.25, 0.3) is 11.3 Å². The SMILES string of the molecule is O=C(Nc1cccnc1)c1nccnc1-c1ccccc1. The van der Waals surface area contributed by atoms with Gasteiger partial charge in [-0.05, 0) is 12.1 Å². The first-order chi connectivity index (χ1) is 10.3. The minimum Gasteiger partial charge on any atom is -0.319 e. The molecule has 5 heteroatoms. The number of hydrogen-bond donors (Lipinski definition) is 1. The summed E-state index contributed by atoms with van der Waals surface area (Å²) in [4.78, 5) is 24.8. The fraction of sp³-hybridized carbons (Fsp3) is 0. The Kier molecular flexibility index (Phi) is 3.64. The number of pyridine rings is 1. The highest BCUT2D eigenvalue weighted by atomic mass is 16.1. The average Bonchev–Trinajstić information content (AvgIpc) is 2.56. The third-order valence-corrected chi connectivity index (χ3v) is 2.88. The van der Waals surface area contributed by atoms with Crippen LogP contribution in [-0.2, 0) is 0 Å². The first-order valence-electron chi connectivity index (χ1n) is 6.42. The third kappa shape index (κ3) is 2.92. The van der Waals surface area contributed by atoms with Crippen LogP contribution in [0.15, 0.2) is 67.3 Å². The Morgan fingerprint density at radius 1 is 0.905 bits per heavy atom. The van der Waals surface area contributed by atoms with E-state index in [4.69, 9.17) is 0 Å². The van der Waals surface area contributed by atoms with E-state index < -0.39 is 0 Å². The number of hydrogen-bond acceptors (Lipinski definition) is 4. The molecule has 3 aromatic rings. The van der Waals surface area contributed by atoms with E-state index in [1.54, 1.807) is 30.7 Å². The number of anilines is 1. The average molecular weight is 276 g/mol. The molecule has 1 aromatic carbocycles. The van der Waals surface area contributed by atoms with E-state index in [1.165, 1.54) is 6.20 Å². The predicted octanol–water partition coefficient (Wildman–Crippen LogP) is 2.79. The molecule has 0 aliphatic carbocycles. The summed E-state index contributed by atoms with van der Waals surface area (Å²) in [5, 5.41) is 2.76. The fourth-order valence-electron chi connectivity index (χ4n) is 1.94. The first-order valence-corrected chi connectivity index (χ1v) is 6.42. The van der Waals surface area contributed by atoms with E-state index in [-0.39, 0.29) is 11.6 Å². The number of carbonyl (C=O) groups excluding carboxylic acids is 1. The molecule has 0 saturated carbocycles. The van der Waals surface area contributed by atoms with Gasteiger partial charge in [0.1, 0.15) is 5.69 Å². The van der Waals surface area contributed by atoms with Crippen molar-refractivity contribution < 1.29 is 4.79 Å². The molecular weight excluding hydrogens is 264 g/mol. The highest BCUT2D eigenvalue weighted by Crippen LogP contribution is 2.20. The van der Waals surface area contributed by atoms with Gasteiger partial charge in [-0.3, -0.25) is 14.8 Å². The summed E-state index contributed by atoms with van der Waals surface area (Å²) >= 11 is 0. The van der Waals surface area contributed by atoms with E-state index in [0.717, 1.165) is 5.56 Å². The lowest BCUT2D eigenvalue weighted by Gasteiger charge is -2.08. The number of benzene rings is 1. The molecule has 0 fully saturated rings. The number of nitrogens with one attached hydrogen (secondary N) is 1. The van der Waals surface area contributed by atoms with Crippen molar-refractivity contribution in [1.29, 1.82) is 0 Å². The molecule has 2 heterocycles. The van der Waals surface area contributed by atoms with Gasteiger partial charge in [0.05, 0.1) is 11.9 Å². The van der Waals surface area contributed by atoms with Gasteiger partial charge in [0.2, 0.25) is 0 Å². The zero-order valence-corrected chi connectivity index (χ0v) is 11.1. The number of rotatable bonds is 3. The molecule has 0 spiro atoms. The van der Waals surface area contributed by atoms with Crippen molar-refractivity contribution in [2.75, 3.05) is 5.32 Å². The van der Waals surface area contributed by atoms with Crippen molar-refractivity contribution >= 4 is 11.6 Å². The number of nitrogens with zero attached hydrogens (tertiary/aromatic N) is 3. The monoisotopic (exact) mass is 276 g/mol. The van der Waals surface area contributed by atoms with Gasteiger partial charge in [-0.15, -0.1) is 0 Å². The van der Waals surface area contributed by atoms with Gasteiger partial charge in [0.15, 0.2) is 5.69 Å². The van der Waals surface area contributed by atoms with Gasteiger partial charge in [0, 0.05) is 24.2 Å². The van der Waals surface area contributed by atoms with E-state index >= 15 is 0 Å². The van der Waals surface area contributed by atoms with Gasteiger partial charge >= 0.3 is 0 Å². The number of amides is 1. The molecule has 5 nitrogen and oxygen atoms in total. The highest BCUT2D eigenvalue weighted by molar-refractivity contribution is 6.06. The Labute approximate surface area is 121 Å². The summed E-state index contributed by atoms with van der Waals surface area (Å²) in [6, 6.07) is 13.0. The molecule has 0 saturated heterocycles. The zero-order valence-electron chi connectivity index (χ0n) is 11.1. The minimum atomic E-state index is -0.310. The van der Waals surface area contributed by atoms with Crippen molar-refractivity contribution in [3.05, 3.63) is 72.9 Å². The molecule has 3 rings (SSSR count). The molecule has 0 radical (unpaired) electrons. The maximum atomic E-state index is 12.4. The summed E-state index contributed by atoms with van der Waals surface area (Å²) in [6.45, 7) is 0. The van der Waals surface area contributed by atoms with Crippen LogP contribution < -0.4 is 5.32 Å². The Morgan fingerprint density at radius 3 is 2.48 bits per heavy atom. The zero-order chi connectivity index (χ0) is 14.5. The van der Waals surface area contributed by atoms with Gasteiger partial charge in [-0.2, -0.15) is 0 Å². The molecule has 1 N–H and O–H groups in total. The summed E-state index contributed by atoms with van der Waals surface area (Å²) in [5.74, 6) is -0.310. The predicted molar refractivity (Wildman–Crippen MR) is 79.7 cm³/mol. The molecule has 21 heavy (non-hydrogen) atoms. The second-order valence-electron chi connectivity index (χ2n) is 4.32. The molecule has 0 bridgehead atoms. The van der Waals surface area contributed by atoms with Crippen LogP contribution in [0.5, 0.6) is 0 Å². The van der Waals surface area contributed by atoms with Crippen molar-refractivity contribution in [2.45, 2.75) is 0 Å². The standard InChI is InChI=1S/C16H12N4O/c21-16(20-13-7-4-8-17-11-13)15-14(18-9-10-19-15)12-5-2-1-3-6-12/h1-11H,(H,20,21). The minimum absolute atomic E-state index is 0.285. The first kappa shape index (κ1) is 12.9. The van der Waals surface area contributed by atoms with Crippen LogP contribution in [0.1, 0.15) is 10.5 Å². The van der Waals surface area contributed by atoms with Gasteiger partial charge in [-0.1, -0.05) is 30.3 Å². The second-order valence-corrected chi connectivity index (χ2v) is 4.32. The van der Waals surface area contributed by atoms with Crippen LogP contribution in [-0.4, -0.2) is 20.9 Å². The molecule has 2 aromatic heterocycles. The normalized spacial score (nSPS) is 10.1. The molecular formula is C16H12N4O.